The predicted octanol–water partition coefficient (Wildman–Crippen LogP) is 1.30. The van der Waals surface area contributed by atoms with Crippen LogP contribution in [0, 0.1) is 11.8 Å². The monoisotopic (exact) mass is 268 g/mol. The van der Waals surface area contributed by atoms with E-state index >= 15 is 0 Å². The molecule has 6 heteroatoms. The van der Waals surface area contributed by atoms with E-state index in [2.05, 4.69) is 10.3 Å². The molecule has 1 saturated carbocycles. The lowest BCUT2D eigenvalue weighted by molar-refractivity contribution is -0.141. The zero-order chi connectivity index (χ0) is 13.0. The Kier molecular flexibility index (Phi) is 4.30. The lowest BCUT2D eigenvalue weighted by Gasteiger charge is -2.10. The van der Waals surface area contributed by atoms with Crippen LogP contribution >= 0.6 is 11.3 Å². The number of aliphatic carboxylic acids is 1. The first-order chi connectivity index (χ1) is 8.66. The van der Waals surface area contributed by atoms with Gasteiger partial charge >= 0.3 is 5.97 Å². The van der Waals surface area contributed by atoms with Crippen LogP contribution in [0.25, 0.3) is 0 Å². The van der Waals surface area contributed by atoms with Crippen molar-refractivity contribution >= 4 is 23.2 Å². The van der Waals surface area contributed by atoms with E-state index in [4.69, 9.17) is 5.11 Å². The molecule has 2 N–H and O–H groups in total. The number of carboxylic acid groups (broad SMARTS) is 1. The lowest BCUT2D eigenvalue weighted by atomic mass is 10.0. The van der Waals surface area contributed by atoms with Gasteiger partial charge in [-0.1, -0.05) is 0 Å². The number of aromatic nitrogens is 1. The number of nitrogens with one attached hydrogen (secondary N) is 1. The molecule has 0 radical (unpaired) electrons. The van der Waals surface area contributed by atoms with Crippen LogP contribution in [0.4, 0.5) is 0 Å². The molecule has 98 valence electrons. The summed E-state index contributed by atoms with van der Waals surface area (Å²) >= 11 is 1.57. The smallest absolute Gasteiger partial charge is 0.306 e. The Bertz CT molecular complexity index is 419. The first-order valence-electron chi connectivity index (χ1n) is 6.04. The summed E-state index contributed by atoms with van der Waals surface area (Å²) < 4.78 is 0. The van der Waals surface area contributed by atoms with Crippen molar-refractivity contribution in [2.45, 2.75) is 25.7 Å². The van der Waals surface area contributed by atoms with Crippen LogP contribution in [0.3, 0.4) is 0 Å². The minimum absolute atomic E-state index is 0.0109. The van der Waals surface area contributed by atoms with Crippen molar-refractivity contribution in [2.24, 2.45) is 11.8 Å². The number of carbonyl (C=O) groups is 2. The molecular weight excluding hydrogens is 252 g/mol. The van der Waals surface area contributed by atoms with E-state index in [-0.39, 0.29) is 17.7 Å². The average Bonchev–Trinajstić information content (AvgIpc) is 2.99. The van der Waals surface area contributed by atoms with Gasteiger partial charge in [-0.25, -0.2) is 0 Å². The van der Waals surface area contributed by atoms with E-state index in [1.165, 1.54) is 0 Å². The molecule has 0 aromatic carbocycles. The van der Waals surface area contributed by atoms with E-state index in [9.17, 15) is 9.59 Å². The fourth-order valence-electron chi connectivity index (χ4n) is 2.26. The van der Waals surface area contributed by atoms with E-state index in [1.54, 1.807) is 23.0 Å². The summed E-state index contributed by atoms with van der Waals surface area (Å²) in [7, 11) is 0. The molecule has 18 heavy (non-hydrogen) atoms. The van der Waals surface area contributed by atoms with Crippen LogP contribution in [0.15, 0.2) is 11.7 Å². The molecule has 0 saturated heterocycles. The second-order valence-corrected chi connectivity index (χ2v) is 5.52. The number of carboxylic acids is 1. The maximum atomic E-state index is 11.8. The molecule has 1 heterocycles. The summed E-state index contributed by atoms with van der Waals surface area (Å²) in [5.41, 5.74) is 1.77. The third-order valence-electron chi connectivity index (χ3n) is 3.31. The molecule has 1 aliphatic rings. The number of thiazole rings is 1. The van der Waals surface area contributed by atoms with Gasteiger partial charge in [0.1, 0.15) is 0 Å². The highest BCUT2D eigenvalue weighted by atomic mass is 32.1. The SMILES string of the molecule is O=C(O)[C@@H]1CC[C@H](C(=O)NCCc2cncs2)C1. The molecule has 1 aromatic heterocycles. The van der Waals surface area contributed by atoms with Crippen molar-refractivity contribution in [1.29, 1.82) is 0 Å². The second-order valence-electron chi connectivity index (χ2n) is 4.55. The molecule has 0 spiro atoms. The van der Waals surface area contributed by atoms with Gasteiger partial charge in [-0.05, 0) is 19.3 Å². The number of hydrogen-bond donors (Lipinski definition) is 2. The third-order valence-corrected chi connectivity index (χ3v) is 4.15. The fourth-order valence-corrected chi connectivity index (χ4v) is 2.86. The van der Waals surface area contributed by atoms with Gasteiger partial charge in [0, 0.05) is 30.0 Å². The molecule has 0 aliphatic heterocycles. The summed E-state index contributed by atoms with van der Waals surface area (Å²) in [6.45, 7) is 0.593. The summed E-state index contributed by atoms with van der Waals surface area (Å²) in [4.78, 5) is 27.7. The topological polar surface area (TPSA) is 79.3 Å². The number of nitrogens with zero attached hydrogens (tertiary/aromatic N) is 1. The first-order valence-corrected chi connectivity index (χ1v) is 6.92. The van der Waals surface area contributed by atoms with Crippen molar-refractivity contribution in [1.82, 2.24) is 10.3 Å². The first kappa shape index (κ1) is 13.0. The lowest BCUT2D eigenvalue weighted by Crippen LogP contribution is -2.31. The Morgan fingerprint density at radius 1 is 1.44 bits per heavy atom. The quantitative estimate of drug-likeness (QED) is 0.843. The standard InChI is InChI=1S/C12H16N2O3S/c15-11(8-1-2-9(5-8)12(16)17)14-4-3-10-6-13-7-18-10/h6-9H,1-5H2,(H,14,15)(H,16,17)/t8-,9+/m0/s1. The van der Waals surface area contributed by atoms with Gasteiger partial charge in [-0.2, -0.15) is 0 Å². The number of carbonyl (C=O) groups excluding carboxylic acids is 1. The summed E-state index contributed by atoms with van der Waals surface area (Å²) in [6, 6.07) is 0. The van der Waals surface area contributed by atoms with Crippen LogP contribution in [0.2, 0.25) is 0 Å². The number of amides is 1. The Morgan fingerprint density at radius 3 is 2.83 bits per heavy atom. The highest BCUT2D eigenvalue weighted by molar-refractivity contribution is 7.09. The highest BCUT2D eigenvalue weighted by Crippen LogP contribution is 2.31. The average molecular weight is 268 g/mol. The van der Waals surface area contributed by atoms with Crippen molar-refractivity contribution in [2.75, 3.05) is 6.54 Å². The van der Waals surface area contributed by atoms with Crippen LogP contribution in [0.5, 0.6) is 0 Å². The van der Waals surface area contributed by atoms with E-state index in [1.807, 2.05) is 0 Å². The molecule has 1 aromatic rings. The second kappa shape index (κ2) is 5.95. The van der Waals surface area contributed by atoms with Crippen molar-refractivity contribution < 1.29 is 14.7 Å². The molecule has 1 amide bonds. The van der Waals surface area contributed by atoms with Crippen molar-refractivity contribution in [3.63, 3.8) is 0 Å². The molecule has 2 rings (SSSR count). The minimum atomic E-state index is -0.782. The maximum absolute atomic E-state index is 11.8. The van der Waals surface area contributed by atoms with Gasteiger partial charge in [0.2, 0.25) is 5.91 Å². The maximum Gasteiger partial charge on any atom is 0.306 e. The molecule has 5 nitrogen and oxygen atoms in total. The van der Waals surface area contributed by atoms with E-state index in [0.29, 0.717) is 25.8 Å². The predicted molar refractivity (Wildman–Crippen MR) is 67.3 cm³/mol. The van der Waals surface area contributed by atoms with Crippen LogP contribution in [-0.4, -0.2) is 28.5 Å². The molecular formula is C12H16N2O3S. The molecule has 1 aliphatic carbocycles. The number of hydrogen-bond acceptors (Lipinski definition) is 4. The summed E-state index contributed by atoms with van der Waals surface area (Å²) in [5, 5.41) is 11.7. The highest BCUT2D eigenvalue weighted by Gasteiger charge is 2.33. The number of rotatable bonds is 5. The zero-order valence-corrected chi connectivity index (χ0v) is 10.8. The summed E-state index contributed by atoms with van der Waals surface area (Å²) in [5.74, 6) is -1.27. The molecule has 2 atom stereocenters. The fraction of sp³-hybridized carbons (Fsp3) is 0.583. The molecule has 0 bridgehead atoms. The largest absolute Gasteiger partial charge is 0.481 e. The summed E-state index contributed by atoms with van der Waals surface area (Å²) in [6.07, 6.45) is 4.35. The van der Waals surface area contributed by atoms with Gasteiger partial charge in [-0.15, -0.1) is 11.3 Å². The van der Waals surface area contributed by atoms with Crippen LogP contribution in [0.1, 0.15) is 24.1 Å². The van der Waals surface area contributed by atoms with Gasteiger partial charge in [0.25, 0.3) is 0 Å². The Hall–Kier alpha value is -1.43. The van der Waals surface area contributed by atoms with Gasteiger partial charge in [0.15, 0.2) is 0 Å². The van der Waals surface area contributed by atoms with Crippen molar-refractivity contribution in [3.05, 3.63) is 16.6 Å². The van der Waals surface area contributed by atoms with E-state index in [0.717, 1.165) is 11.3 Å². The van der Waals surface area contributed by atoms with Crippen LogP contribution < -0.4 is 5.32 Å². The Morgan fingerprint density at radius 2 is 2.22 bits per heavy atom. The normalized spacial score (nSPS) is 22.9. The molecule has 0 unspecified atom stereocenters. The van der Waals surface area contributed by atoms with Gasteiger partial charge in [-0.3, -0.25) is 14.6 Å². The third kappa shape index (κ3) is 3.29. The Balaban J connectivity index is 1.71. The van der Waals surface area contributed by atoms with Gasteiger partial charge in [0.05, 0.1) is 11.4 Å². The zero-order valence-electron chi connectivity index (χ0n) is 9.96. The Labute approximate surface area is 109 Å². The van der Waals surface area contributed by atoms with Gasteiger partial charge < -0.3 is 10.4 Å². The minimum Gasteiger partial charge on any atom is -0.481 e. The van der Waals surface area contributed by atoms with Crippen molar-refractivity contribution in [3.8, 4) is 0 Å². The van der Waals surface area contributed by atoms with E-state index < -0.39 is 5.97 Å². The molecule has 1 fully saturated rings. The van der Waals surface area contributed by atoms with Crippen LogP contribution in [-0.2, 0) is 16.0 Å².